The topological polar surface area (TPSA) is 24.1 Å². The molecule has 106 valence electrons. The first-order chi connectivity index (χ1) is 8.75. The van der Waals surface area contributed by atoms with E-state index < -0.39 is 0 Å². The van der Waals surface area contributed by atoms with Crippen LogP contribution < -0.4 is 10.6 Å². The Morgan fingerprint density at radius 1 is 1.11 bits per heavy atom. The maximum absolute atomic E-state index is 3.79. The molecule has 1 aliphatic carbocycles. The highest BCUT2D eigenvalue weighted by Crippen LogP contribution is 2.29. The van der Waals surface area contributed by atoms with Crippen LogP contribution in [0.25, 0.3) is 0 Å². The van der Waals surface area contributed by atoms with Gasteiger partial charge in [-0.25, -0.2) is 0 Å². The minimum atomic E-state index is 0.676. The molecule has 1 aliphatic heterocycles. The van der Waals surface area contributed by atoms with E-state index in [9.17, 15) is 0 Å². The normalized spacial score (nSPS) is 35.3. The summed E-state index contributed by atoms with van der Waals surface area (Å²) < 4.78 is 0. The lowest BCUT2D eigenvalue weighted by atomic mass is 9.80. The molecule has 1 saturated heterocycles. The zero-order valence-corrected chi connectivity index (χ0v) is 12.4. The van der Waals surface area contributed by atoms with Crippen molar-refractivity contribution < 1.29 is 0 Å². The first kappa shape index (κ1) is 14.3. The molecule has 2 heteroatoms. The van der Waals surface area contributed by atoms with E-state index >= 15 is 0 Å². The van der Waals surface area contributed by atoms with Crippen LogP contribution >= 0.6 is 0 Å². The third-order valence-corrected chi connectivity index (χ3v) is 5.07. The van der Waals surface area contributed by atoms with Gasteiger partial charge in [-0.3, -0.25) is 0 Å². The second kappa shape index (κ2) is 7.49. The molecular weight excluding hydrogens is 220 g/mol. The van der Waals surface area contributed by atoms with Crippen LogP contribution in [-0.4, -0.2) is 25.2 Å². The molecule has 2 nitrogen and oxygen atoms in total. The molecule has 0 spiro atoms. The Kier molecular flexibility index (Phi) is 5.97. The van der Waals surface area contributed by atoms with E-state index in [0.29, 0.717) is 6.04 Å². The fourth-order valence-electron chi connectivity index (χ4n) is 3.68. The Balaban J connectivity index is 1.62. The van der Waals surface area contributed by atoms with Gasteiger partial charge in [0.05, 0.1) is 0 Å². The van der Waals surface area contributed by atoms with Gasteiger partial charge in [0.1, 0.15) is 0 Å². The summed E-state index contributed by atoms with van der Waals surface area (Å²) in [5.41, 5.74) is 0. The van der Waals surface area contributed by atoms with Crippen molar-refractivity contribution in [1.82, 2.24) is 10.6 Å². The van der Waals surface area contributed by atoms with Crippen molar-refractivity contribution in [1.29, 1.82) is 0 Å². The second-order valence-corrected chi connectivity index (χ2v) is 6.71. The summed E-state index contributed by atoms with van der Waals surface area (Å²) in [6.07, 6.45) is 11.3. The van der Waals surface area contributed by atoms with Gasteiger partial charge >= 0.3 is 0 Å². The van der Waals surface area contributed by atoms with Crippen molar-refractivity contribution in [3.8, 4) is 0 Å². The first-order valence-corrected chi connectivity index (χ1v) is 8.22. The van der Waals surface area contributed by atoms with Crippen LogP contribution in [-0.2, 0) is 0 Å². The summed E-state index contributed by atoms with van der Waals surface area (Å²) in [6.45, 7) is 7.29. The fraction of sp³-hybridized carbons (Fsp3) is 1.00. The molecule has 0 amide bonds. The Morgan fingerprint density at radius 3 is 2.61 bits per heavy atom. The Bertz CT molecular complexity index is 223. The van der Waals surface area contributed by atoms with Crippen LogP contribution in [0.3, 0.4) is 0 Å². The zero-order chi connectivity index (χ0) is 12.8. The zero-order valence-electron chi connectivity index (χ0n) is 12.4. The first-order valence-electron chi connectivity index (χ1n) is 8.22. The minimum Gasteiger partial charge on any atom is -0.314 e. The van der Waals surface area contributed by atoms with Crippen LogP contribution in [0.4, 0.5) is 0 Å². The van der Waals surface area contributed by atoms with Crippen molar-refractivity contribution in [2.24, 2.45) is 11.8 Å². The van der Waals surface area contributed by atoms with Crippen molar-refractivity contribution in [2.45, 2.75) is 77.3 Å². The molecule has 0 aromatic heterocycles. The molecule has 4 atom stereocenters. The number of piperidine rings is 1. The van der Waals surface area contributed by atoms with E-state index in [1.807, 2.05) is 0 Å². The Hall–Kier alpha value is -0.0800. The van der Waals surface area contributed by atoms with Crippen LogP contribution in [0.2, 0.25) is 0 Å². The lowest BCUT2D eigenvalue weighted by molar-refractivity contribution is 0.236. The van der Waals surface area contributed by atoms with E-state index in [1.165, 1.54) is 64.5 Å². The molecule has 1 heterocycles. The molecule has 18 heavy (non-hydrogen) atoms. The molecule has 0 bridgehead atoms. The van der Waals surface area contributed by atoms with Gasteiger partial charge < -0.3 is 10.6 Å². The van der Waals surface area contributed by atoms with Gasteiger partial charge in [-0.2, -0.15) is 0 Å². The SMILES string of the molecule is CC(CC1CCCCN1)NCC1CCCCC1C. The van der Waals surface area contributed by atoms with Gasteiger partial charge in [0, 0.05) is 12.1 Å². The van der Waals surface area contributed by atoms with Crippen LogP contribution in [0.15, 0.2) is 0 Å². The smallest absolute Gasteiger partial charge is 0.00817 e. The van der Waals surface area contributed by atoms with Crippen molar-refractivity contribution in [3.05, 3.63) is 0 Å². The summed E-state index contributed by atoms with van der Waals surface area (Å²) in [4.78, 5) is 0. The predicted octanol–water partition coefficient (Wildman–Crippen LogP) is 3.32. The van der Waals surface area contributed by atoms with Crippen molar-refractivity contribution in [2.75, 3.05) is 13.1 Å². The van der Waals surface area contributed by atoms with E-state index in [-0.39, 0.29) is 0 Å². The second-order valence-electron chi connectivity index (χ2n) is 6.71. The van der Waals surface area contributed by atoms with Gasteiger partial charge in [0.15, 0.2) is 0 Å². The van der Waals surface area contributed by atoms with E-state index in [0.717, 1.165) is 17.9 Å². The van der Waals surface area contributed by atoms with Crippen LogP contribution in [0.5, 0.6) is 0 Å². The molecule has 0 aromatic carbocycles. The number of hydrogen-bond acceptors (Lipinski definition) is 2. The molecule has 2 fully saturated rings. The summed E-state index contributed by atoms with van der Waals surface area (Å²) in [5.74, 6) is 1.87. The molecule has 2 N–H and O–H groups in total. The molecular formula is C16H32N2. The number of rotatable bonds is 5. The van der Waals surface area contributed by atoms with E-state index in [4.69, 9.17) is 0 Å². The summed E-state index contributed by atoms with van der Waals surface area (Å²) in [6, 6.07) is 1.44. The van der Waals surface area contributed by atoms with Gasteiger partial charge in [-0.15, -0.1) is 0 Å². The maximum Gasteiger partial charge on any atom is 0.00817 e. The number of nitrogens with one attached hydrogen (secondary N) is 2. The average Bonchev–Trinajstić information content (AvgIpc) is 2.39. The Morgan fingerprint density at radius 2 is 1.89 bits per heavy atom. The quantitative estimate of drug-likeness (QED) is 0.784. The highest BCUT2D eigenvalue weighted by Gasteiger charge is 2.22. The molecule has 2 rings (SSSR count). The van der Waals surface area contributed by atoms with E-state index in [1.54, 1.807) is 0 Å². The lowest BCUT2D eigenvalue weighted by Crippen LogP contribution is -2.41. The minimum absolute atomic E-state index is 0.676. The maximum atomic E-state index is 3.79. The molecule has 4 unspecified atom stereocenters. The average molecular weight is 252 g/mol. The molecule has 0 radical (unpaired) electrons. The third kappa shape index (κ3) is 4.55. The molecule has 0 aromatic rings. The van der Waals surface area contributed by atoms with Gasteiger partial charge in [-0.1, -0.05) is 32.6 Å². The third-order valence-electron chi connectivity index (χ3n) is 5.07. The van der Waals surface area contributed by atoms with Crippen molar-refractivity contribution in [3.63, 3.8) is 0 Å². The Labute approximate surface area is 113 Å². The van der Waals surface area contributed by atoms with Gasteiger partial charge in [0.2, 0.25) is 0 Å². The summed E-state index contributed by atoms with van der Waals surface area (Å²) in [7, 11) is 0. The van der Waals surface area contributed by atoms with E-state index in [2.05, 4.69) is 24.5 Å². The van der Waals surface area contributed by atoms with Gasteiger partial charge in [-0.05, 0) is 57.5 Å². The molecule has 1 saturated carbocycles. The van der Waals surface area contributed by atoms with Crippen LogP contribution in [0.1, 0.15) is 65.2 Å². The van der Waals surface area contributed by atoms with Crippen LogP contribution in [0, 0.1) is 11.8 Å². The standard InChI is InChI=1S/C16H32N2/c1-13-7-3-4-8-15(13)12-18-14(2)11-16-9-5-6-10-17-16/h13-18H,3-12H2,1-2H3. The summed E-state index contributed by atoms with van der Waals surface area (Å²) in [5, 5.41) is 7.45. The highest BCUT2D eigenvalue weighted by molar-refractivity contribution is 4.79. The summed E-state index contributed by atoms with van der Waals surface area (Å²) >= 11 is 0. The largest absolute Gasteiger partial charge is 0.314 e. The predicted molar refractivity (Wildman–Crippen MR) is 78.8 cm³/mol. The fourth-order valence-corrected chi connectivity index (χ4v) is 3.68. The van der Waals surface area contributed by atoms with Gasteiger partial charge in [0.25, 0.3) is 0 Å². The lowest BCUT2D eigenvalue weighted by Gasteiger charge is -2.31. The molecule has 2 aliphatic rings. The van der Waals surface area contributed by atoms with Crippen molar-refractivity contribution >= 4 is 0 Å². The number of hydrogen-bond donors (Lipinski definition) is 2. The monoisotopic (exact) mass is 252 g/mol. The highest BCUT2D eigenvalue weighted by atomic mass is 15.0.